The summed E-state index contributed by atoms with van der Waals surface area (Å²) in [5.41, 5.74) is 6.30. The van der Waals surface area contributed by atoms with E-state index >= 15 is 0 Å². The Morgan fingerprint density at radius 1 is 0.914 bits per heavy atom. The quantitative estimate of drug-likeness (QED) is 0.351. The molecule has 4 rings (SSSR count). The number of halogens is 3. The van der Waals surface area contributed by atoms with Crippen LogP contribution in [0.1, 0.15) is 0 Å². The molecule has 4 aromatic rings. The van der Waals surface area contributed by atoms with Crippen molar-refractivity contribution in [2.45, 2.75) is 16.3 Å². The number of nitrogen functional groups attached to an aromatic ring is 1. The van der Waals surface area contributed by atoms with Crippen molar-refractivity contribution in [2.24, 2.45) is 0 Å². The molecule has 4 N–H and O–H groups in total. The van der Waals surface area contributed by atoms with E-state index in [0.29, 0.717) is 0 Å². The Labute approximate surface area is 198 Å². The van der Waals surface area contributed by atoms with E-state index in [1.165, 1.54) is 42.5 Å². The molecule has 12 heteroatoms. The zero-order valence-corrected chi connectivity index (χ0v) is 18.7. The number of sulfone groups is 1. The average Bonchev–Trinajstić information content (AvgIpc) is 3.11. The van der Waals surface area contributed by atoms with Crippen LogP contribution in [0.25, 0.3) is 0 Å². The molecule has 1 aromatic heterocycles. The fourth-order valence-electron chi connectivity index (χ4n) is 3.26. The molecular weight excluding hydrogens is 483 g/mol. The summed E-state index contributed by atoms with van der Waals surface area (Å²) < 4.78 is 67.9. The number of hydrogen-bond donors (Lipinski definition) is 3. The van der Waals surface area contributed by atoms with Crippen LogP contribution < -0.4 is 16.4 Å². The summed E-state index contributed by atoms with van der Waals surface area (Å²) in [7, 11) is -4.20. The minimum Gasteiger partial charge on any atom is -0.383 e. The van der Waals surface area contributed by atoms with E-state index in [9.17, 15) is 26.4 Å². The second kappa shape index (κ2) is 9.50. The van der Waals surface area contributed by atoms with E-state index in [2.05, 4.69) is 15.7 Å². The number of aromatic nitrogens is 2. The number of nitrogens with zero attached hydrogens (tertiary/aromatic N) is 2. The van der Waals surface area contributed by atoms with Gasteiger partial charge in [0.25, 0.3) is 0 Å². The van der Waals surface area contributed by atoms with E-state index in [1.807, 2.05) is 0 Å². The monoisotopic (exact) mass is 501 g/mol. The predicted molar refractivity (Wildman–Crippen MR) is 123 cm³/mol. The van der Waals surface area contributed by atoms with Crippen LogP contribution in [0.5, 0.6) is 0 Å². The van der Waals surface area contributed by atoms with Crippen molar-refractivity contribution in [1.29, 1.82) is 0 Å². The summed E-state index contributed by atoms with van der Waals surface area (Å²) in [5.74, 6) is -4.11. The van der Waals surface area contributed by atoms with Crippen LogP contribution in [-0.2, 0) is 21.2 Å². The average molecular weight is 501 g/mol. The smallest absolute Gasteiger partial charge is 0.246 e. The summed E-state index contributed by atoms with van der Waals surface area (Å²) in [5, 5.41) is 9.22. The van der Waals surface area contributed by atoms with E-state index < -0.39 is 44.6 Å². The predicted octanol–water partition coefficient (Wildman–Crippen LogP) is 4.10. The van der Waals surface area contributed by atoms with Crippen LogP contribution in [0.4, 0.5) is 36.2 Å². The maximum Gasteiger partial charge on any atom is 0.246 e. The maximum absolute atomic E-state index is 13.7. The fraction of sp³-hybridized carbons (Fsp3) is 0.0435. The highest BCUT2D eigenvalue weighted by Gasteiger charge is 2.30. The third-order valence-corrected chi connectivity index (χ3v) is 6.69. The summed E-state index contributed by atoms with van der Waals surface area (Å²) in [6, 6.07) is 15.5. The lowest BCUT2D eigenvalue weighted by Gasteiger charge is -2.08. The third kappa shape index (κ3) is 5.11. The molecule has 0 fully saturated rings. The first-order chi connectivity index (χ1) is 16.6. The largest absolute Gasteiger partial charge is 0.383 e. The molecule has 0 radical (unpaired) electrons. The molecular formula is C23H18F3N5O3S. The van der Waals surface area contributed by atoms with Crippen LogP contribution in [0, 0.1) is 17.5 Å². The highest BCUT2D eigenvalue weighted by atomic mass is 32.2. The first kappa shape index (κ1) is 23.8. The molecule has 0 saturated heterocycles. The van der Waals surface area contributed by atoms with Gasteiger partial charge in [0.05, 0.1) is 4.90 Å². The Bertz CT molecular complexity index is 1510. The maximum atomic E-state index is 13.7. The van der Waals surface area contributed by atoms with Gasteiger partial charge >= 0.3 is 0 Å². The number of carbonyl (C=O) groups is 1. The van der Waals surface area contributed by atoms with Crippen molar-refractivity contribution in [3.05, 3.63) is 90.2 Å². The Hall–Kier alpha value is -4.32. The van der Waals surface area contributed by atoms with Gasteiger partial charge in [-0.25, -0.2) is 26.3 Å². The number of nitrogens with two attached hydrogens (primary N) is 1. The molecule has 0 aliphatic heterocycles. The van der Waals surface area contributed by atoms with Gasteiger partial charge in [-0.1, -0.05) is 24.3 Å². The lowest BCUT2D eigenvalue weighted by Crippen LogP contribution is -2.21. The molecule has 180 valence electrons. The third-order valence-electron chi connectivity index (χ3n) is 4.85. The van der Waals surface area contributed by atoms with Gasteiger partial charge in [-0.3, -0.25) is 4.79 Å². The Balaban J connectivity index is 1.71. The van der Waals surface area contributed by atoms with E-state index in [4.69, 9.17) is 5.73 Å². The van der Waals surface area contributed by atoms with Crippen molar-refractivity contribution in [2.75, 3.05) is 16.4 Å². The van der Waals surface area contributed by atoms with Gasteiger partial charge in [0.15, 0.2) is 22.3 Å². The van der Waals surface area contributed by atoms with Crippen molar-refractivity contribution in [3.63, 3.8) is 0 Å². The van der Waals surface area contributed by atoms with Crippen molar-refractivity contribution >= 4 is 38.8 Å². The highest BCUT2D eigenvalue weighted by Crippen LogP contribution is 2.34. The van der Waals surface area contributed by atoms with E-state index in [0.717, 1.165) is 28.9 Å². The van der Waals surface area contributed by atoms with Crippen LogP contribution in [0.2, 0.25) is 0 Å². The molecule has 0 unspecified atom stereocenters. The highest BCUT2D eigenvalue weighted by molar-refractivity contribution is 7.91. The lowest BCUT2D eigenvalue weighted by molar-refractivity contribution is -0.116. The van der Waals surface area contributed by atoms with Gasteiger partial charge < -0.3 is 16.4 Å². The van der Waals surface area contributed by atoms with Crippen molar-refractivity contribution in [3.8, 4) is 0 Å². The number of anilines is 4. The van der Waals surface area contributed by atoms with Gasteiger partial charge in [-0.05, 0) is 42.5 Å². The van der Waals surface area contributed by atoms with Crippen LogP contribution >= 0.6 is 0 Å². The number of benzene rings is 3. The summed E-state index contributed by atoms with van der Waals surface area (Å²) >= 11 is 0. The molecule has 1 amide bonds. The van der Waals surface area contributed by atoms with Gasteiger partial charge in [0.2, 0.25) is 15.7 Å². The van der Waals surface area contributed by atoms with E-state index in [1.54, 1.807) is 6.07 Å². The van der Waals surface area contributed by atoms with Crippen molar-refractivity contribution in [1.82, 2.24) is 9.78 Å². The number of hydrogen-bond acceptors (Lipinski definition) is 6. The van der Waals surface area contributed by atoms with Crippen LogP contribution in [0.3, 0.4) is 0 Å². The van der Waals surface area contributed by atoms with Gasteiger partial charge in [0.1, 0.15) is 18.2 Å². The molecule has 8 nitrogen and oxygen atoms in total. The number of rotatable bonds is 7. The SMILES string of the molecule is Nc1c(S(=O)(=O)c2ccccc2)c(Nc2cccc(F)c2)nn1CC(=O)Nc1ccc(F)c(F)c1. The topological polar surface area (TPSA) is 119 Å². The number of carbonyl (C=O) groups excluding carboxylic acids is 1. The Kier molecular flexibility index (Phi) is 6.47. The van der Waals surface area contributed by atoms with E-state index in [-0.39, 0.29) is 27.9 Å². The minimum absolute atomic E-state index is 0.0186. The zero-order valence-electron chi connectivity index (χ0n) is 17.9. The van der Waals surface area contributed by atoms with Gasteiger partial charge in [-0.2, -0.15) is 5.10 Å². The standard InChI is InChI=1S/C23H18F3N5O3S/c24-14-5-4-6-15(11-14)29-23-21(35(33,34)17-7-2-1-3-8-17)22(27)31(30-23)13-20(32)28-16-9-10-18(25)19(26)12-16/h1-12H,13,27H2,(H,28,32)(H,29,30). The number of nitrogens with one attached hydrogen (secondary N) is 2. The Morgan fingerprint density at radius 3 is 2.34 bits per heavy atom. The molecule has 0 aliphatic carbocycles. The van der Waals surface area contributed by atoms with Crippen molar-refractivity contribution < 1.29 is 26.4 Å². The summed E-state index contributed by atoms with van der Waals surface area (Å²) in [4.78, 5) is 12.0. The molecule has 0 spiro atoms. The van der Waals surface area contributed by atoms with Gasteiger partial charge in [0, 0.05) is 17.4 Å². The molecule has 0 aliphatic rings. The van der Waals surface area contributed by atoms with Gasteiger partial charge in [-0.15, -0.1) is 0 Å². The first-order valence-electron chi connectivity index (χ1n) is 10.1. The Morgan fingerprint density at radius 2 is 1.66 bits per heavy atom. The van der Waals surface area contributed by atoms with Crippen LogP contribution in [-0.4, -0.2) is 24.1 Å². The fourth-order valence-corrected chi connectivity index (χ4v) is 4.73. The molecule has 3 aromatic carbocycles. The molecule has 35 heavy (non-hydrogen) atoms. The zero-order chi connectivity index (χ0) is 25.2. The first-order valence-corrected chi connectivity index (χ1v) is 11.6. The summed E-state index contributed by atoms with van der Waals surface area (Å²) in [6.45, 7) is -0.549. The molecule has 0 atom stereocenters. The number of amides is 1. The molecule has 1 heterocycles. The molecule has 0 bridgehead atoms. The minimum atomic E-state index is -4.20. The molecule has 0 saturated carbocycles. The second-order valence-corrected chi connectivity index (χ2v) is 9.24. The lowest BCUT2D eigenvalue weighted by atomic mass is 10.3. The summed E-state index contributed by atoms with van der Waals surface area (Å²) in [6.07, 6.45) is 0. The van der Waals surface area contributed by atoms with Crippen LogP contribution in [0.15, 0.2) is 82.6 Å². The second-order valence-electron chi connectivity index (χ2n) is 7.35. The normalized spacial score (nSPS) is 11.3.